The molecule has 1 aromatic heterocycles. The molecule has 4 heteroatoms. The molecule has 2 aromatic rings. The number of aryl methyl sites for hydroxylation is 1. The Morgan fingerprint density at radius 1 is 1.30 bits per heavy atom. The SMILES string of the molecule is Cc1ccc(NC(=O)[C@@H](C)N(C)Cc2ccsc2)cc1. The topological polar surface area (TPSA) is 32.3 Å². The van der Waals surface area contributed by atoms with Crippen molar-refractivity contribution in [3.63, 3.8) is 0 Å². The van der Waals surface area contributed by atoms with Crippen LogP contribution in [0.1, 0.15) is 18.1 Å². The number of rotatable bonds is 5. The second-order valence-electron chi connectivity index (χ2n) is 5.08. The molecule has 0 aliphatic heterocycles. The van der Waals surface area contributed by atoms with E-state index in [9.17, 15) is 4.79 Å². The summed E-state index contributed by atoms with van der Waals surface area (Å²) < 4.78 is 0. The Kier molecular flexibility index (Phi) is 4.93. The minimum atomic E-state index is -0.170. The van der Waals surface area contributed by atoms with Crippen LogP contribution in [0.2, 0.25) is 0 Å². The predicted molar refractivity (Wildman–Crippen MR) is 85.1 cm³/mol. The maximum Gasteiger partial charge on any atom is 0.241 e. The fraction of sp³-hybridized carbons (Fsp3) is 0.312. The molecule has 0 saturated heterocycles. The van der Waals surface area contributed by atoms with Gasteiger partial charge in [-0.25, -0.2) is 0 Å². The molecule has 3 nitrogen and oxygen atoms in total. The maximum atomic E-state index is 12.2. The van der Waals surface area contributed by atoms with Gasteiger partial charge in [-0.05, 0) is 55.4 Å². The Bertz CT molecular complexity index is 548. The van der Waals surface area contributed by atoms with E-state index in [-0.39, 0.29) is 11.9 Å². The van der Waals surface area contributed by atoms with E-state index in [0.717, 1.165) is 12.2 Å². The van der Waals surface area contributed by atoms with Crippen LogP contribution in [0, 0.1) is 6.92 Å². The number of carbonyl (C=O) groups is 1. The van der Waals surface area contributed by atoms with Gasteiger partial charge in [-0.3, -0.25) is 9.69 Å². The lowest BCUT2D eigenvalue weighted by molar-refractivity contribution is -0.120. The van der Waals surface area contributed by atoms with Crippen LogP contribution in [0.3, 0.4) is 0 Å². The first-order chi connectivity index (χ1) is 9.56. The van der Waals surface area contributed by atoms with Crippen molar-refractivity contribution in [2.75, 3.05) is 12.4 Å². The highest BCUT2D eigenvalue weighted by Crippen LogP contribution is 2.13. The fourth-order valence-electron chi connectivity index (χ4n) is 1.89. The normalized spacial score (nSPS) is 12.4. The summed E-state index contributed by atoms with van der Waals surface area (Å²) in [6, 6.07) is 9.77. The van der Waals surface area contributed by atoms with Gasteiger partial charge in [0, 0.05) is 12.2 Å². The van der Waals surface area contributed by atoms with Gasteiger partial charge in [0.2, 0.25) is 5.91 Å². The smallest absolute Gasteiger partial charge is 0.241 e. The quantitative estimate of drug-likeness (QED) is 0.913. The van der Waals surface area contributed by atoms with Gasteiger partial charge in [0.25, 0.3) is 0 Å². The molecule has 1 amide bonds. The summed E-state index contributed by atoms with van der Waals surface area (Å²) in [7, 11) is 1.97. The summed E-state index contributed by atoms with van der Waals surface area (Å²) in [6.45, 7) is 4.74. The number of nitrogens with zero attached hydrogens (tertiary/aromatic N) is 1. The molecule has 1 heterocycles. The van der Waals surface area contributed by atoms with Crippen molar-refractivity contribution in [2.24, 2.45) is 0 Å². The second-order valence-corrected chi connectivity index (χ2v) is 5.86. The van der Waals surface area contributed by atoms with Gasteiger partial charge in [0.05, 0.1) is 6.04 Å². The second kappa shape index (κ2) is 6.68. The third-order valence-electron chi connectivity index (χ3n) is 3.37. The Labute approximate surface area is 124 Å². The highest BCUT2D eigenvalue weighted by molar-refractivity contribution is 7.07. The molecule has 20 heavy (non-hydrogen) atoms. The third kappa shape index (κ3) is 3.92. The van der Waals surface area contributed by atoms with Crippen molar-refractivity contribution in [3.8, 4) is 0 Å². The molecule has 1 aromatic carbocycles. The highest BCUT2D eigenvalue weighted by atomic mass is 32.1. The number of thiophene rings is 1. The number of carbonyl (C=O) groups excluding carboxylic acids is 1. The Morgan fingerprint density at radius 3 is 2.60 bits per heavy atom. The Hall–Kier alpha value is -1.65. The van der Waals surface area contributed by atoms with Crippen LogP contribution in [0.15, 0.2) is 41.1 Å². The van der Waals surface area contributed by atoms with Gasteiger partial charge < -0.3 is 5.32 Å². The minimum Gasteiger partial charge on any atom is -0.325 e. The maximum absolute atomic E-state index is 12.2. The third-order valence-corrected chi connectivity index (χ3v) is 4.10. The molecular weight excluding hydrogens is 268 g/mol. The molecule has 0 aliphatic carbocycles. The molecule has 1 N–H and O–H groups in total. The molecule has 0 aliphatic rings. The number of hydrogen-bond donors (Lipinski definition) is 1. The highest BCUT2D eigenvalue weighted by Gasteiger charge is 2.18. The minimum absolute atomic E-state index is 0.0200. The van der Waals surface area contributed by atoms with Gasteiger partial charge in [-0.1, -0.05) is 17.7 Å². The number of amides is 1. The van der Waals surface area contributed by atoms with Crippen LogP contribution >= 0.6 is 11.3 Å². The van der Waals surface area contributed by atoms with Gasteiger partial charge in [0.15, 0.2) is 0 Å². The van der Waals surface area contributed by atoms with E-state index in [1.165, 1.54) is 11.1 Å². The van der Waals surface area contributed by atoms with E-state index in [1.54, 1.807) is 11.3 Å². The number of nitrogens with one attached hydrogen (secondary N) is 1. The van der Waals surface area contributed by atoms with Crippen LogP contribution in [0.4, 0.5) is 5.69 Å². The molecule has 0 spiro atoms. The molecule has 0 fully saturated rings. The average Bonchev–Trinajstić information content (AvgIpc) is 2.93. The first kappa shape index (κ1) is 14.8. The van der Waals surface area contributed by atoms with Crippen molar-refractivity contribution in [2.45, 2.75) is 26.4 Å². The number of likely N-dealkylation sites (N-methyl/N-ethyl adjacent to an activating group) is 1. The zero-order valence-electron chi connectivity index (χ0n) is 12.1. The lowest BCUT2D eigenvalue weighted by atomic mass is 10.2. The lowest BCUT2D eigenvalue weighted by Crippen LogP contribution is -2.39. The molecule has 0 radical (unpaired) electrons. The molecule has 0 bridgehead atoms. The van der Waals surface area contributed by atoms with Crippen molar-refractivity contribution < 1.29 is 4.79 Å². The lowest BCUT2D eigenvalue weighted by Gasteiger charge is -2.23. The van der Waals surface area contributed by atoms with Gasteiger partial charge in [-0.2, -0.15) is 11.3 Å². The van der Waals surface area contributed by atoms with E-state index < -0.39 is 0 Å². The monoisotopic (exact) mass is 288 g/mol. The van der Waals surface area contributed by atoms with Crippen LogP contribution in [0.25, 0.3) is 0 Å². The van der Waals surface area contributed by atoms with E-state index in [4.69, 9.17) is 0 Å². The molecule has 2 rings (SSSR count). The molecular formula is C16H20N2OS. The zero-order valence-corrected chi connectivity index (χ0v) is 12.9. The first-order valence-electron chi connectivity index (χ1n) is 6.65. The largest absolute Gasteiger partial charge is 0.325 e. The van der Waals surface area contributed by atoms with E-state index in [1.807, 2.05) is 50.1 Å². The summed E-state index contributed by atoms with van der Waals surface area (Å²) in [5.74, 6) is 0.0200. The summed E-state index contributed by atoms with van der Waals surface area (Å²) in [5, 5.41) is 7.12. The van der Waals surface area contributed by atoms with Gasteiger partial charge in [0.1, 0.15) is 0 Å². The average molecular weight is 288 g/mol. The summed E-state index contributed by atoms with van der Waals surface area (Å²) in [6.07, 6.45) is 0. The summed E-state index contributed by atoms with van der Waals surface area (Å²) >= 11 is 1.68. The molecule has 0 unspecified atom stereocenters. The first-order valence-corrected chi connectivity index (χ1v) is 7.59. The van der Waals surface area contributed by atoms with Gasteiger partial charge in [-0.15, -0.1) is 0 Å². The Balaban J connectivity index is 1.92. The van der Waals surface area contributed by atoms with Crippen molar-refractivity contribution >= 4 is 22.9 Å². The molecule has 106 valence electrons. The van der Waals surface area contributed by atoms with Crippen LogP contribution in [-0.4, -0.2) is 23.9 Å². The standard InChI is InChI=1S/C16H20N2OS/c1-12-4-6-15(7-5-12)17-16(19)13(2)18(3)10-14-8-9-20-11-14/h4-9,11,13H,10H2,1-3H3,(H,17,19)/t13-/m1/s1. The van der Waals surface area contributed by atoms with Gasteiger partial charge >= 0.3 is 0 Å². The van der Waals surface area contributed by atoms with Crippen LogP contribution in [0.5, 0.6) is 0 Å². The van der Waals surface area contributed by atoms with Crippen molar-refractivity contribution in [1.29, 1.82) is 0 Å². The summed E-state index contributed by atoms with van der Waals surface area (Å²) in [4.78, 5) is 14.3. The number of benzene rings is 1. The van der Waals surface area contributed by atoms with Crippen molar-refractivity contribution in [3.05, 3.63) is 52.2 Å². The fourth-order valence-corrected chi connectivity index (χ4v) is 2.55. The number of hydrogen-bond acceptors (Lipinski definition) is 3. The predicted octanol–water partition coefficient (Wildman–Crippen LogP) is 3.52. The van der Waals surface area contributed by atoms with Crippen LogP contribution < -0.4 is 5.32 Å². The van der Waals surface area contributed by atoms with E-state index >= 15 is 0 Å². The van der Waals surface area contributed by atoms with E-state index in [2.05, 4.69) is 22.1 Å². The molecule has 0 saturated carbocycles. The number of anilines is 1. The Morgan fingerprint density at radius 2 is 2.00 bits per heavy atom. The van der Waals surface area contributed by atoms with Crippen LogP contribution in [-0.2, 0) is 11.3 Å². The van der Waals surface area contributed by atoms with Crippen molar-refractivity contribution in [1.82, 2.24) is 4.90 Å². The zero-order chi connectivity index (χ0) is 14.5. The van der Waals surface area contributed by atoms with E-state index in [0.29, 0.717) is 0 Å². The summed E-state index contributed by atoms with van der Waals surface area (Å²) in [5.41, 5.74) is 3.27. The molecule has 1 atom stereocenters.